The number of aromatic nitrogens is 1. The van der Waals surface area contributed by atoms with Gasteiger partial charge in [-0.15, -0.1) is 0 Å². The van der Waals surface area contributed by atoms with Crippen LogP contribution in [0.25, 0.3) is 0 Å². The first-order valence-electron chi connectivity index (χ1n) is 9.26. The number of nitrogens with zero attached hydrogens (tertiary/aromatic N) is 3. The van der Waals surface area contributed by atoms with E-state index in [1.807, 2.05) is 44.2 Å². The average molecular weight is 434 g/mol. The van der Waals surface area contributed by atoms with Crippen molar-refractivity contribution >= 4 is 38.7 Å². The number of aliphatic imine (C=N–C) groups is 2. The SMILES string of the molecule is C/C(=N\c1c(C)cccc1C)c1cccc(/C(C)=N/c2c(C)cccc2Br)n1. The van der Waals surface area contributed by atoms with Crippen LogP contribution in [0.2, 0.25) is 0 Å². The van der Waals surface area contributed by atoms with Crippen LogP contribution in [0.3, 0.4) is 0 Å². The van der Waals surface area contributed by atoms with Gasteiger partial charge in [-0.3, -0.25) is 9.98 Å². The molecule has 0 saturated carbocycles. The maximum atomic E-state index is 4.85. The van der Waals surface area contributed by atoms with Gasteiger partial charge in [0.15, 0.2) is 0 Å². The van der Waals surface area contributed by atoms with Gasteiger partial charge in [0.1, 0.15) is 0 Å². The minimum Gasteiger partial charge on any atom is -0.251 e. The summed E-state index contributed by atoms with van der Waals surface area (Å²) in [5.41, 5.74) is 8.88. The number of aryl methyl sites for hydroxylation is 3. The van der Waals surface area contributed by atoms with E-state index in [9.17, 15) is 0 Å². The highest BCUT2D eigenvalue weighted by Crippen LogP contribution is 2.29. The fourth-order valence-corrected chi connectivity index (χ4v) is 3.59. The Labute approximate surface area is 175 Å². The second-order valence-electron chi connectivity index (χ2n) is 6.95. The van der Waals surface area contributed by atoms with E-state index in [0.717, 1.165) is 55.3 Å². The third kappa shape index (κ3) is 4.45. The monoisotopic (exact) mass is 433 g/mol. The van der Waals surface area contributed by atoms with E-state index >= 15 is 0 Å². The molecule has 0 unspecified atom stereocenters. The molecule has 0 saturated heterocycles. The second-order valence-corrected chi connectivity index (χ2v) is 7.80. The molecule has 2 aromatic carbocycles. The molecule has 1 aromatic heterocycles. The first kappa shape index (κ1) is 20.2. The zero-order valence-electron chi connectivity index (χ0n) is 16.9. The zero-order valence-corrected chi connectivity index (χ0v) is 18.5. The van der Waals surface area contributed by atoms with E-state index in [1.165, 1.54) is 0 Å². The topological polar surface area (TPSA) is 37.6 Å². The first-order chi connectivity index (χ1) is 13.4. The molecule has 3 rings (SSSR count). The van der Waals surface area contributed by atoms with Gasteiger partial charge in [-0.05, 0) is 85.4 Å². The fraction of sp³-hybridized carbons (Fsp3) is 0.208. The number of para-hydroxylation sites is 2. The Kier molecular flexibility index (Phi) is 6.20. The maximum Gasteiger partial charge on any atom is 0.0849 e. The van der Waals surface area contributed by atoms with Gasteiger partial charge in [0.2, 0.25) is 0 Å². The van der Waals surface area contributed by atoms with Crippen LogP contribution in [-0.2, 0) is 0 Å². The van der Waals surface area contributed by atoms with Gasteiger partial charge in [-0.2, -0.15) is 0 Å². The Hall–Kier alpha value is -2.59. The molecule has 0 N–H and O–H groups in total. The summed E-state index contributed by atoms with van der Waals surface area (Å²) in [6.07, 6.45) is 0. The van der Waals surface area contributed by atoms with E-state index in [-0.39, 0.29) is 0 Å². The van der Waals surface area contributed by atoms with Crippen molar-refractivity contribution in [3.63, 3.8) is 0 Å². The average Bonchev–Trinajstić information content (AvgIpc) is 2.67. The van der Waals surface area contributed by atoms with E-state index < -0.39 is 0 Å². The Morgan fingerprint density at radius 2 is 1.11 bits per heavy atom. The molecule has 3 aromatic rings. The summed E-state index contributed by atoms with van der Waals surface area (Å²) < 4.78 is 0.982. The van der Waals surface area contributed by atoms with Crippen molar-refractivity contribution < 1.29 is 0 Å². The number of halogens is 1. The molecule has 0 radical (unpaired) electrons. The predicted octanol–water partition coefficient (Wildman–Crippen LogP) is 7.05. The van der Waals surface area contributed by atoms with Gasteiger partial charge < -0.3 is 0 Å². The van der Waals surface area contributed by atoms with Gasteiger partial charge >= 0.3 is 0 Å². The second kappa shape index (κ2) is 8.61. The molecule has 3 nitrogen and oxygen atoms in total. The lowest BCUT2D eigenvalue weighted by atomic mass is 10.1. The highest BCUT2D eigenvalue weighted by Gasteiger charge is 2.08. The van der Waals surface area contributed by atoms with Gasteiger partial charge in [0.25, 0.3) is 0 Å². The summed E-state index contributed by atoms with van der Waals surface area (Å²) in [6, 6.07) is 18.3. The van der Waals surface area contributed by atoms with Gasteiger partial charge in [0, 0.05) is 4.47 Å². The molecule has 142 valence electrons. The lowest BCUT2D eigenvalue weighted by Crippen LogP contribution is -2.05. The highest BCUT2D eigenvalue weighted by atomic mass is 79.9. The van der Waals surface area contributed by atoms with E-state index in [0.29, 0.717) is 0 Å². The van der Waals surface area contributed by atoms with Crippen LogP contribution in [0, 0.1) is 20.8 Å². The maximum absolute atomic E-state index is 4.85. The Morgan fingerprint density at radius 3 is 1.64 bits per heavy atom. The molecule has 0 spiro atoms. The van der Waals surface area contributed by atoms with Crippen molar-refractivity contribution in [1.82, 2.24) is 4.98 Å². The van der Waals surface area contributed by atoms with Crippen LogP contribution in [0.4, 0.5) is 11.4 Å². The molecule has 0 bridgehead atoms. The van der Waals surface area contributed by atoms with Crippen LogP contribution >= 0.6 is 15.9 Å². The molecule has 0 atom stereocenters. The van der Waals surface area contributed by atoms with Crippen LogP contribution in [0.15, 0.2) is 69.1 Å². The van der Waals surface area contributed by atoms with E-state index in [1.54, 1.807) is 0 Å². The largest absolute Gasteiger partial charge is 0.251 e. The van der Waals surface area contributed by atoms with Gasteiger partial charge in [-0.25, -0.2) is 4.98 Å². The molecule has 0 aliphatic rings. The molecule has 0 aliphatic carbocycles. The molecule has 1 heterocycles. The van der Waals surface area contributed by atoms with Crippen LogP contribution in [0.1, 0.15) is 41.9 Å². The number of hydrogen-bond donors (Lipinski definition) is 0. The number of hydrogen-bond acceptors (Lipinski definition) is 3. The van der Waals surface area contributed by atoms with Crippen molar-refractivity contribution in [2.45, 2.75) is 34.6 Å². The van der Waals surface area contributed by atoms with Crippen LogP contribution in [-0.4, -0.2) is 16.4 Å². The van der Waals surface area contributed by atoms with Gasteiger partial charge in [0.05, 0.1) is 34.2 Å². The summed E-state index contributed by atoms with van der Waals surface area (Å²) in [6.45, 7) is 10.2. The van der Waals surface area contributed by atoms with Crippen molar-refractivity contribution in [3.05, 3.63) is 87.1 Å². The normalized spacial score (nSPS) is 12.4. The summed E-state index contributed by atoms with van der Waals surface area (Å²) in [4.78, 5) is 14.5. The lowest BCUT2D eigenvalue weighted by molar-refractivity contribution is 1.23. The zero-order chi connectivity index (χ0) is 20.3. The molecule has 0 aliphatic heterocycles. The number of pyridine rings is 1. The number of benzene rings is 2. The number of rotatable bonds is 4. The van der Waals surface area contributed by atoms with E-state index in [2.05, 4.69) is 61.0 Å². The third-order valence-electron chi connectivity index (χ3n) is 4.68. The van der Waals surface area contributed by atoms with Gasteiger partial charge in [-0.1, -0.05) is 36.4 Å². The van der Waals surface area contributed by atoms with Crippen LogP contribution in [0.5, 0.6) is 0 Å². The van der Waals surface area contributed by atoms with E-state index in [4.69, 9.17) is 15.0 Å². The molecule has 0 fully saturated rings. The summed E-state index contributed by atoms with van der Waals surface area (Å²) in [5, 5.41) is 0. The molecule has 4 heteroatoms. The van der Waals surface area contributed by atoms with Crippen molar-refractivity contribution in [2.24, 2.45) is 9.98 Å². The molecule has 28 heavy (non-hydrogen) atoms. The molecular formula is C24H24BrN3. The van der Waals surface area contributed by atoms with Crippen LogP contribution < -0.4 is 0 Å². The lowest BCUT2D eigenvalue weighted by Gasteiger charge is -2.09. The standard InChI is InChI=1S/C24H24BrN3/c1-15-9-6-10-16(2)23(15)26-18(4)21-13-8-14-22(28-21)19(5)27-24-17(3)11-7-12-20(24)25/h6-14H,1-5H3/b26-18+,27-19+. The Balaban J connectivity index is 1.98. The predicted molar refractivity (Wildman–Crippen MR) is 123 cm³/mol. The van der Waals surface area contributed by atoms with Crippen molar-refractivity contribution in [3.8, 4) is 0 Å². The Morgan fingerprint density at radius 1 is 0.679 bits per heavy atom. The molecular weight excluding hydrogens is 410 g/mol. The minimum atomic E-state index is 0.851. The first-order valence-corrected chi connectivity index (χ1v) is 10.1. The highest BCUT2D eigenvalue weighted by molar-refractivity contribution is 9.10. The summed E-state index contributed by atoms with van der Waals surface area (Å²) in [5.74, 6) is 0. The summed E-state index contributed by atoms with van der Waals surface area (Å²) >= 11 is 3.59. The summed E-state index contributed by atoms with van der Waals surface area (Å²) in [7, 11) is 0. The quantitative estimate of drug-likeness (QED) is 0.406. The molecule has 0 amide bonds. The third-order valence-corrected chi connectivity index (χ3v) is 5.32. The minimum absolute atomic E-state index is 0.851. The Bertz CT molecular complexity index is 958. The fourth-order valence-electron chi connectivity index (χ4n) is 3.03. The smallest absolute Gasteiger partial charge is 0.0849 e. The van der Waals surface area contributed by atoms with Crippen molar-refractivity contribution in [1.29, 1.82) is 0 Å². The van der Waals surface area contributed by atoms with Crippen molar-refractivity contribution in [2.75, 3.05) is 0 Å².